The van der Waals surface area contributed by atoms with Crippen molar-refractivity contribution in [3.63, 3.8) is 0 Å². The van der Waals surface area contributed by atoms with Gasteiger partial charge in [0.2, 0.25) is 11.8 Å². The van der Waals surface area contributed by atoms with Crippen molar-refractivity contribution in [2.75, 3.05) is 18.4 Å². The summed E-state index contributed by atoms with van der Waals surface area (Å²) in [5.74, 6) is 0.725. The van der Waals surface area contributed by atoms with Crippen LogP contribution in [0.25, 0.3) is 5.69 Å². The molecule has 0 fully saturated rings. The Balaban J connectivity index is 2.26. The third-order valence-corrected chi connectivity index (χ3v) is 6.21. The molecule has 0 aliphatic heterocycles. The van der Waals surface area contributed by atoms with E-state index in [0.29, 0.717) is 18.8 Å². The number of aryl methyl sites for hydroxylation is 1. The molecule has 1 aromatic carbocycles. The molecule has 194 valence electrons. The lowest BCUT2D eigenvalue weighted by Gasteiger charge is -2.26. The minimum Gasteiger partial charge on any atom is -0.333 e. The maximum atomic E-state index is 13.2. The van der Waals surface area contributed by atoms with Crippen molar-refractivity contribution in [1.82, 2.24) is 14.7 Å². The van der Waals surface area contributed by atoms with Crippen LogP contribution in [0.3, 0.4) is 0 Å². The maximum absolute atomic E-state index is 13.2. The van der Waals surface area contributed by atoms with Crippen LogP contribution in [0.15, 0.2) is 24.3 Å². The van der Waals surface area contributed by atoms with Crippen LogP contribution in [0.5, 0.6) is 0 Å². The van der Waals surface area contributed by atoms with Crippen molar-refractivity contribution in [3.8, 4) is 5.69 Å². The average Bonchev–Trinajstić information content (AvgIpc) is 3.12. The summed E-state index contributed by atoms with van der Waals surface area (Å²) in [5, 5.41) is 7.90. The van der Waals surface area contributed by atoms with E-state index in [4.69, 9.17) is 5.10 Å². The summed E-state index contributed by atoms with van der Waals surface area (Å²) >= 11 is 0. The monoisotopic (exact) mass is 482 g/mol. The Kier molecular flexibility index (Phi) is 9.32. The first kappa shape index (κ1) is 28.6. The van der Waals surface area contributed by atoms with Crippen molar-refractivity contribution >= 4 is 17.6 Å². The number of benzene rings is 1. The molecular formula is C29H46N4O2. The van der Waals surface area contributed by atoms with Crippen molar-refractivity contribution in [2.24, 2.45) is 11.3 Å². The summed E-state index contributed by atoms with van der Waals surface area (Å²) in [6, 6.07) is 8.03. The van der Waals surface area contributed by atoms with Gasteiger partial charge in [-0.05, 0) is 55.2 Å². The number of anilines is 1. The lowest BCUT2D eigenvalue weighted by Crippen LogP contribution is -2.39. The molecule has 6 heteroatoms. The second kappa shape index (κ2) is 11.4. The Morgan fingerprint density at radius 1 is 1.11 bits per heavy atom. The molecule has 6 nitrogen and oxygen atoms in total. The standard InChI is InChI=1S/C29H46N4O2/c1-11-15-32(27(35)16-20(2)18-28(5,6)7)19-26(34)30-25-17-24(29(8,9)10)31-33(25)23-14-12-13-21(3)22(23)4/h12-14,17,20H,11,15-16,18-19H2,1-10H3,(H,30,34). The molecule has 1 heterocycles. The van der Waals surface area contributed by atoms with Crippen LogP contribution >= 0.6 is 0 Å². The third kappa shape index (κ3) is 8.22. The number of hydrogen-bond donors (Lipinski definition) is 1. The second-order valence-electron chi connectivity index (χ2n) is 12.2. The van der Waals surface area contributed by atoms with E-state index < -0.39 is 0 Å². The Labute approximate surface area is 212 Å². The van der Waals surface area contributed by atoms with Gasteiger partial charge in [-0.15, -0.1) is 0 Å². The van der Waals surface area contributed by atoms with E-state index in [1.165, 1.54) is 0 Å². The Morgan fingerprint density at radius 3 is 2.34 bits per heavy atom. The van der Waals surface area contributed by atoms with E-state index in [9.17, 15) is 9.59 Å². The first-order chi connectivity index (χ1) is 16.1. The van der Waals surface area contributed by atoms with Gasteiger partial charge < -0.3 is 10.2 Å². The van der Waals surface area contributed by atoms with E-state index in [2.05, 4.69) is 73.7 Å². The zero-order valence-corrected chi connectivity index (χ0v) is 23.6. The SMILES string of the molecule is CCCN(CC(=O)Nc1cc(C(C)(C)C)nn1-c1cccc(C)c1C)C(=O)CC(C)CC(C)(C)C. The van der Waals surface area contributed by atoms with Crippen LogP contribution in [0.1, 0.15) is 91.5 Å². The van der Waals surface area contributed by atoms with Crippen molar-refractivity contribution in [1.29, 1.82) is 0 Å². The van der Waals surface area contributed by atoms with Crippen molar-refractivity contribution in [2.45, 2.75) is 93.9 Å². The van der Waals surface area contributed by atoms with Crippen LogP contribution in [0.4, 0.5) is 5.82 Å². The molecule has 0 bridgehead atoms. The number of rotatable bonds is 9. The highest BCUT2D eigenvalue weighted by Crippen LogP contribution is 2.29. The second-order valence-corrected chi connectivity index (χ2v) is 12.2. The van der Waals surface area contributed by atoms with Gasteiger partial charge in [0, 0.05) is 24.4 Å². The summed E-state index contributed by atoms with van der Waals surface area (Å²) in [4.78, 5) is 27.9. The number of amides is 2. The molecule has 1 unspecified atom stereocenters. The van der Waals surface area contributed by atoms with Crippen molar-refractivity contribution < 1.29 is 9.59 Å². The molecule has 0 aliphatic carbocycles. The Bertz CT molecular complexity index is 1020. The predicted octanol–water partition coefficient (Wildman–Crippen LogP) is 6.43. The van der Waals surface area contributed by atoms with E-state index in [1.54, 1.807) is 4.90 Å². The van der Waals surface area contributed by atoms with Gasteiger partial charge in [0.15, 0.2) is 0 Å². The topological polar surface area (TPSA) is 67.2 Å². The summed E-state index contributed by atoms with van der Waals surface area (Å²) in [5.41, 5.74) is 4.11. The van der Waals surface area contributed by atoms with E-state index >= 15 is 0 Å². The molecule has 2 rings (SSSR count). The van der Waals surface area contributed by atoms with Gasteiger partial charge in [-0.1, -0.05) is 67.5 Å². The highest BCUT2D eigenvalue weighted by atomic mass is 16.2. The Hall–Kier alpha value is -2.63. The van der Waals surface area contributed by atoms with Crippen LogP contribution in [0, 0.1) is 25.2 Å². The molecule has 1 N–H and O–H groups in total. The zero-order chi connectivity index (χ0) is 26.6. The molecule has 0 saturated carbocycles. The van der Waals surface area contributed by atoms with E-state index in [-0.39, 0.29) is 35.1 Å². The number of aromatic nitrogens is 2. The third-order valence-electron chi connectivity index (χ3n) is 6.21. The molecular weight excluding hydrogens is 436 g/mol. The smallest absolute Gasteiger partial charge is 0.245 e. The number of carbonyl (C=O) groups excluding carboxylic acids is 2. The van der Waals surface area contributed by atoms with Gasteiger partial charge in [0.25, 0.3) is 0 Å². The Morgan fingerprint density at radius 2 is 1.77 bits per heavy atom. The zero-order valence-electron chi connectivity index (χ0n) is 23.6. The fourth-order valence-electron chi connectivity index (χ4n) is 4.45. The molecule has 35 heavy (non-hydrogen) atoms. The molecule has 1 aromatic heterocycles. The van der Waals surface area contributed by atoms with Crippen LogP contribution in [0.2, 0.25) is 0 Å². The molecule has 0 radical (unpaired) electrons. The fraction of sp³-hybridized carbons (Fsp3) is 0.621. The number of nitrogens with zero attached hydrogens (tertiary/aromatic N) is 3. The molecule has 1 atom stereocenters. The normalized spacial score (nSPS) is 13.0. The summed E-state index contributed by atoms with van der Waals surface area (Å²) in [6.45, 7) is 21.8. The minimum atomic E-state index is -0.206. The lowest BCUT2D eigenvalue weighted by atomic mass is 9.84. The average molecular weight is 483 g/mol. The number of hydrogen-bond acceptors (Lipinski definition) is 3. The van der Waals surface area contributed by atoms with Gasteiger partial charge >= 0.3 is 0 Å². The van der Waals surface area contributed by atoms with Gasteiger partial charge in [-0.3, -0.25) is 9.59 Å². The molecule has 2 amide bonds. The molecule has 0 saturated heterocycles. The number of carbonyl (C=O) groups is 2. The van der Waals surface area contributed by atoms with Gasteiger partial charge in [0.05, 0.1) is 17.9 Å². The molecule has 0 aliphatic rings. The highest BCUT2D eigenvalue weighted by Gasteiger charge is 2.25. The quantitative estimate of drug-likeness (QED) is 0.448. The van der Waals surface area contributed by atoms with Gasteiger partial charge in [0.1, 0.15) is 5.82 Å². The largest absolute Gasteiger partial charge is 0.333 e. The van der Waals surface area contributed by atoms with Crippen LogP contribution in [-0.4, -0.2) is 39.6 Å². The first-order valence-electron chi connectivity index (χ1n) is 12.9. The van der Waals surface area contributed by atoms with Gasteiger partial charge in [-0.2, -0.15) is 5.10 Å². The van der Waals surface area contributed by atoms with E-state index in [1.807, 2.05) is 29.8 Å². The summed E-state index contributed by atoms with van der Waals surface area (Å²) in [6.07, 6.45) is 2.23. The van der Waals surface area contributed by atoms with E-state index in [0.717, 1.165) is 35.3 Å². The predicted molar refractivity (Wildman–Crippen MR) is 145 cm³/mol. The van der Waals surface area contributed by atoms with Gasteiger partial charge in [-0.25, -0.2) is 4.68 Å². The summed E-state index contributed by atoms with van der Waals surface area (Å²) < 4.78 is 1.82. The van der Waals surface area contributed by atoms with Crippen LogP contribution in [-0.2, 0) is 15.0 Å². The molecule has 2 aromatic rings. The lowest BCUT2D eigenvalue weighted by molar-refractivity contribution is -0.135. The summed E-state index contributed by atoms with van der Waals surface area (Å²) in [7, 11) is 0. The highest BCUT2D eigenvalue weighted by molar-refractivity contribution is 5.94. The maximum Gasteiger partial charge on any atom is 0.245 e. The number of nitrogens with one attached hydrogen (secondary N) is 1. The van der Waals surface area contributed by atoms with Crippen LogP contribution < -0.4 is 5.32 Å². The minimum absolute atomic E-state index is 0.0390. The van der Waals surface area contributed by atoms with Crippen molar-refractivity contribution in [3.05, 3.63) is 41.1 Å². The fourth-order valence-corrected chi connectivity index (χ4v) is 4.45. The first-order valence-corrected chi connectivity index (χ1v) is 12.9. The molecule has 0 spiro atoms.